The van der Waals surface area contributed by atoms with Gasteiger partial charge in [-0.25, -0.2) is 4.98 Å². The van der Waals surface area contributed by atoms with Crippen LogP contribution in [0.3, 0.4) is 0 Å². The Morgan fingerprint density at radius 2 is 2.04 bits per heavy atom. The monoisotopic (exact) mass is 383 g/mol. The second kappa shape index (κ2) is 7.32. The molecule has 3 rings (SSSR count). The number of imidazole rings is 1. The van der Waals surface area contributed by atoms with Crippen LogP contribution in [0.4, 0.5) is 13.2 Å². The van der Waals surface area contributed by atoms with E-state index in [1.807, 2.05) is 30.3 Å². The molecule has 2 atom stereocenters. The average Bonchev–Trinajstić information content (AvgIpc) is 3.08. The highest BCUT2D eigenvalue weighted by Crippen LogP contribution is 2.41. The Kier molecular flexibility index (Phi) is 5.25. The average molecular weight is 383 g/mol. The summed E-state index contributed by atoms with van der Waals surface area (Å²) in [5.41, 5.74) is -2.52. The zero-order valence-electron chi connectivity index (χ0n) is 14.7. The highest BCUT2D eigenvalue weighted by atomic mass is 19.4. The van der Waals surface area contributed by atoms with E-state index in [2.05, 4.69) is 4.98 Å². The fourth-order valence-corrected chi connectivity index (χ4v) is 3.15. The number of alkyl halides is 3. The molecule has 6 nitrogen and oxygen atoms in total. The van der Waals surface area contributed by atoms with Crippen molar-refractivity contribution < 1.29 is 27.8 Å². The summed E-state index contributed by atoms with van der Waals surface area (Å²) in [7, 11) is 1.34. The second-order valence-electron chi connectivity index (χ2n) is 6.51. The maximum atomic E-state index is 13.6. The van der Waals surface area contributed by atoms with Crippen molar-refractivity contribution in [1.29, 1.82) is 0 Å². The molecule has 27 heavy (non-hydrogen) atoms. The van der Waals surface area contributed by atoms with Crippen molar-refractivity contribution in [2.24, 2.45) is 7.05 Å². The van der Waals surface area contributed by atoms with Crippen molar-refractivity contribution in [2.75, 3.05) is 19.7 Å². The summed E-state index contributed by atoms with van der Waals surface area (Å²) in [6.45, 7) is 0.492. The molecule has 2 aromatic rings. The molecule has 1 aliphatic heterocycles. The van der Waals surface area contributed by atoms with E-state index in [1.54, 1.807) is 0 Å². The van der Waals surface area contributed by atoms with Gasteiger partial charge in [-0.05, 0) is 5.56 Å². The molecule has 146 valence electrons. The number of aliphatic hydroxyl groups is 1. The predicted octanol–water partition coefficient (Wildman–Crippen LogP) is 2.16. The second-order valence-corrected chi connectivity index (χ2v) is 6.51. The first-order valence-corrected chi connectivity index (χ1v) is 8.43. The molecule has 9 heteroatoms. The van der Waals surface area contributed by atoms with E-state index in [-0.39, 0.29) is 19.7 Å². The molecule has 1 saturated heterocycles. The van der Waals surface area contributed by atoms with Gasteiger partial charge in [-0.3, -0.25) is 4.79 Å². The number of benzene rings is 1. The number of aromatic nitrogens is 2. The summed E-state index contributed by atoms with van der Waals surface area (Å²) in [5.74, 6) is -1.42. The Morgan fingerprint density at radius 3 is 2.63 bits per heavy atom. The number of carbonyl (C=O) groups is 1. The zero-order chi connectivity index (χ0) is 19.7. The van der Waals surface area contributed by atoms with Crippen LogP contribution in [0.25, 0.3) is 0 Å². The Bertz CT molecular complexity index is 794. The van der Waals surface area contributed by atoms with Crippen molar-refractivity contribution in [3.05, 3.63) is 54.1 Å². The summed E-state index contributed by atoms with van der Waals surface area (Å²) in [5, 5.41) is 10.4. The molecule has 2 heterocycles. The number of halogens is 3. The summed E-state index contributed by atoms with van der Waals surface area (Å²) in [6, 6.07) is 9.15. The first kappa shape index (κ1) is 19.4. The van der Waals surface area contributed by atoms with Crippen LogP contribution in [-0.4, -0.2) is 51.3 Å². The molecule has 1 fully saturated rings. The Balaban J connectivity index is 1.79. The van der Waals surface area contributed by atoms with Crippen molar-refractivity contribution in [2.45, 2.75) is 24.3 Å². The molecule has 1 N–H and O–H groups in total. The van der Waals surface area contributed by atoms with Crippen LogP contribution in [0.2, 0.25) is 0 Å². The molecule has 2 unspecified atom stereocenters. The van der Waals surface area contributed by atoms with Crippen LogP contribution in [-0.2, 0) is 22.2 Å². The van der Waals surface area contributed by atoms with Gasteiger partial charge in [-0.15, -0.1) is 0 Å². The van der Waals surface area contributed by atoms with Gasteiger partial charge in [0.25, 0.3) is 0 Å². The molecular weight excluding hydrogens is 363 g/mol. The topological polar surface area (TPSA) is 67.6 Å². The lowest BCUT2D eigenvalue weighted by Gasteiger charge is -2.36. The van der Waals surface area contributed by atoms with E-state index >= 15 is 0 Å². The van der Waals surface area contributed by atoms with Crippen molar-refractivity contribution >= 4 is 5.91 Å². The number of ether oxygens (including phenoxy) is 1. The van der Waals surface area contributed by atoms with E-state index in [0.717, 1.165) is 16.3 Å². The fourth-order valence-electron chi connectivity index (χ4n) is 3.15. The van der Waals surface area contributed by atoms with Gasteiger partial charge in [0.05, 0.1) is 19.6 Å². The third-order valence-electron chi connectivity index (χ3n) is 4.66. The van der Waals surface area contributed by atoms with Crippen LogP contribution in [0.1, 0.15) is 23.9 Å². The smallest absolute Gasteiger partial charge is 0.374 e. The predicted molar refractivity (Wildman–Crippen MR) is 89.5 cm³/mol. The van der Waals surface area contributed by atoms with Gasteiger partial charge in [0.1, 0.15) is 6.10 Å². The SMILES string of the molecule is Cn1ccnc1C(O)(CC(=O)N1CCOC(c2ccccc2)C1)C(F)(F)F. The minimum Gasteiger partial charge on any atom is -0.374 e. The van der Waals surface area contributed by atoms with Gasteiger partial charge in [0.2, 0.25) is 11.5 Å². The van der Waals surface area contributed by atoms with Crippen molar-refractivity contribution in [3.8, 4) is 0 Å². The number of hydrogen-bond donors (Lipinski definition) is 1. The lowest BCUT2D eigenvalue weighted by molar-refractivity contribution is -0.272. The van der Waals surface area contributed by atoms with E-state index < -0.39 is 36.0 Å². The Morgan fingerprint density at radius 1 is 1.33 bits per heavy atom. The first-order valence-electron chi connectivity index (χ1n) is 8.43. The van der Waals surface area contributed by atoms with Gasteiger partial charge < -0.3 is 19.3 Å². The molecule has 0 radical (unpaired) electrons. The molecule has 0 spiro atoms. The normalized spacial score (nSPS) is 20.3. The van der Waals surface area contributed by atoms with E-state index in [1.165, 1.54) is 18.1 Å². The number of amides is 1. The van der Waals surface area contributed by atoms with E-state index in [0.29, 0.717) is 0 Å². The molecule has 1 aromatic carbocycles. The van der Waals surface area contributed by atoms with Gasteiger partial charge >= 0.3 is 6.18 Å². The maximum Gasteiger partial charge on any atom is 0.425 e. The summed E-state index contributed by atoms with van der Waals surface area (Å²) in [6.07, 6.45) is -4.17. The van der Waals surface area contributed by atoms with Crippen LogP contribution < -0.4 is 0 Å². The van der Waals surface area contributed by atoms with Crippen LogP contribution in [0.5, 0.6) is 0 Å². The number of carbonyl (C=O) groups excluding carboxylic acids is 1. The molecule has 0 aliphatic carbocycles. The fraction of sp³-hybridized carbons (Fsp3) is 0.444. The van der Waals surface area contributed by atoms with Gasteiger partial charge in [-0.1, -0.05) is 30.3 Å². The molecule has 1 amide bonds. The molecule has 0 bridgehead atoms. The number of hydrogen-bond acceptors (Lipinski definition) is 4. The van der Waals surface area contributed by atoms with Crippen LogP contribution >= 0.6 is 0 Å². The molecular formula is C18H20F3N3O3. The van der Waals surface area contributed by atoms with E-state index in [9.17, 15) is 23.1 Å². The highest BCUT2D eigenvalue weighted by molar-refractivity contribution is 5.77. The number of rotatable bonds is 4. The Hall–Kier alpha value is -2.39. The third-order valence-corrected chi connectivity index (χ3v) is 4.66. The maximum absolute atomic E-state index is 13.6. The number of morpholine rings is 1. The molecule has 1 aromatic heterocycles. The largest absolute Gasteiger partial charge is 0.425 e. The number of nitrogens with zero attached hydrogens (tertiary/aromatic N) is 3. The molecule has 0 saturated carbocycles. The van der Waals surface area contributed by atoms with Crippen LogP contribution in [0, 0.1) is 0 Å². The zero-order valence-corrected chi connectivity index (χ0v) is 14.7. The number of aryl methyl sites for hydroxylation is 1. The lowest BCUT2D eigenvalue weighted by atomic mass is 9.96. The van der Waals surface area contributed by atoms with Gasteiger partial charge in [0.15, 0.2) is 5.82 Å². The van der Waals surface area contributed by atoms with E-state index in [4.69, 9.17) is 4.74 Å². The highest BCUT2D eigenvalue weighted by Gasteiger charge is 2.59. The Labute approximate surface area is 154 Å². The minimum atomic E-state index is -5.05. The van der Waals surface area contributed by atoms with Crippen molar-refractivity contribution in [1.82, 2.24) is 14.5 Å². The summed E-state index contributed by atoms with van der Waals surface area (Å²) in [4.78, 5) is 17.5. The third kappa shape index (κ3) is 3.84. The molecule has 1 aliphatic rings. The van der Waals surface area contributed by atoms with Crippen LogP contribution in [0.15, 0.2) is 42.7 Å². The standard InChI is InChI=1S/C18H20F3N3O3/c1-23-8-7-22-16(23)17(26,18(19,20)21)11-15(25)24-9-10-27-14(12-24)13-5-3-2-4-6-13/h2-8,14,26H,9-12H2,1H3. The summed E-state index contributed by atoms with van der Waals surface area (Å²) < 4.78 is 47.6. The quantitative estimate of drug-likeness (QED) is 0.879. The minimum absolute atomic E-state index is 0.122. The lowest BCUT2D eigenvalue weighted by Crippen LogP contribution is -2.50. The first-order chi connectivity index (χ1) is 12.7. The van der Waals surface area contributed by atoms with Crippen molar-refractivity contribution in [3.63, 3.8) is 0 Å². The van der Waals surface area contributed by atoms with Gasteiger partial charge in [0, 0.05) is 26.0 Å². The van der Waals surface area contributed by atoms with Gasteiger partial charge in [-0.2, -0.15) is 13.2 Å². The summed E-state index contributed by atoms with van der Waals surface area (Å²) >= 11 is 0.